The van der Waals surface area contributed by atoms with Crippen LogP contribution in [0.3, 0.4) is 0 Å². The van der Waals surface area contributed by atoms with E-state index in [1.165, 1.54) is 36.4 Å². The van der Waals surface area contributed by atoms with Crippen LogP contribution in [-0.4, -0.2) is 20.6 Å². The number of rotatable bonds is 2. The fourth-order valence-corrected chi connectivity index (χ4v) is 2.18. The lowest BCUT2D eigenvalue weighted by molar-refractivity contribution is -0.136. The number of carbonyl (C=O) groups excluding carboxylic acids is 1. The first-order valence-corrected chi connectivity index (χ1v) is 6.51. The molecule has 0 aliphatic rings. The Morgan fingerprint density at radius 1 is 1.09 bits per heavy atom. The predicted octanol–water partition coefficient (Wildman–Crippen LogP) is 3.31. The average molecular weight is 321 g/mol. The third-order valence-corrected chi connectivity index (χ3v) is 3.20. The van der Waals surface area contributed by atoms with Crippen molar-refractivity contribution in [1.29, 1.82) is 0 Å². The molecule has 0 bridgehead atoms. The van der Waals surface area contributed by atoms with E-state index in [0.29, 0.717) is 5.52 Å². The highest BCUT2D eigenvalue weighted by molar-refractivity contribution is 6.04. The van der Waals surface area contributed by atoms with E-state index in [1.807, 2.05) is 0 Å². The van der Waals surface area contributed by atoms with Gasteiger partial charge in [-0.2, -0.15) is 13.2 Å². The van der Waals surface area contributed by atoms with Crippen molar-refractivity contribution in [2.24, 2.45) is 0 Å². The molecule has 0 aliphatic carbocycles. The Morgan fingerprint density at radius 2 is 1.78 bits per heavy atom. The number of anilines is 1. The summed E-state index contributed by atoms with van der Waals surface area (Å²) < 4.78 is 40.0. The fraction of sp³-hybridized carbons (Fsp3) is 0.0667. The maximum Gasteiger partial charge on any atom is 0.418 e. The molecule has 2 heterocycles. The summed E-state index contributed by atoms with van der Waals surface area (Å²) in [6, 6.07) is 10.5. The molecule has 0 unspecified atom stereocenters. The third-order valence-electron chi connectivity index (χ3n) is 3.20. The minimum atomic E-state index is -4.58. The van der Waals surface area contributed by atoms with Gasteiger partial charge in [0.25, 0.3) is 5.91 Å². The molecule has 118 valence electrons. The van der Waals surface area contributed by atoms with E-state index in [2.05, 4.69) is 10.4 Å². The molecule has 8 heteroatoms. The first kappa shape index (κ1) is 14.9. The summed E-state index contributed by atoms with van der Waals surface area (Å²) in [6.07, 6.45) is -4.58. The van der Waals surface area contributed by atoms with Gasteiger partial charge in [-0.3, -0.25) is 4.79 Å². The van der Waals surface area contributed by atoms with E-state index in [9.17, 15) is 23.1 Å². The first-order chi connectivity index (χ1) is 10.9. The second kappa shape index (κ2) is 5.31. The summed E-state index contributed by atoms with van der Waals surface area (Å²) in [5.74, 6) is -1.07. The molecule has 1 aromatic carbocycles. The van der Waals surface area contributed by atoms with Gasteiger partial charge in [0.1, 0.15) is 5.69 Å². The van der Waals surface area contributed by atoms with Gasteiger partial charge in [0, 0.05) is 6.07 Å². The number of aromatic nitrogens is 2. The zero-order valence-corrected chi connectivity index (χ0v) is 11.5. The molecule has 2 aromatic heterocycles. The van der Waals surface area contributed by atoms with Crippen molar-refractivity contribution in [2.45, 2.75) is 6.18 Å². The van der Waals surface area contributed by atoms with Gasteiger partial charge < -0.3 is 10.4 Å². The van der Waals surface area contributed by atoms with E-state index in [4.69, 9.17) is 0 Å². The van der Waals surface area contributed by atoms with Crippen molar-refractivity contribution in [2.75, 3.05) is 5.32 Å². The molecule has 0 spiro atoms. The molecule has 1 amide bonds. The number of fused-ring (bicyclic) bond motifs is 1. The van der Waals surface area contributed by atoms with Gasteiger partial charge in [-0.05, 0) is 30.3 Å². The number of hydrogen-bond donors (Lipinski definition) is 2. The molecule has 3 rings (SSSR count). The monoisotopic (exact) mass is 321 g/mol. The number of carbonyl (C=O) groups is 1. The highest BCUT2D eigenvalue weighted by Crippen LogP contribution is 2.34. The molecule has 0 saturated heterocycles. The second-order valence-corrected chi connectivity index (χ2v) is 4.74. The normalized spacial score (nSPS) is 11.6. The fourth-order valence-electron chi connectivity index (χ4n) is 2.18. The number of benzene rings is 1. The van der Waals surface area contributed by atoms with Crippen molar-refractivity contribution in [3.8, 4) is 5.88 Å². The summed E-state index contributed by atoms with van der Waals surface area (Å²) in [6.45, 7) is 0. The quantitative estimate of drug-likeness (QED) is 0.761. The number of hydrogen-bond acceptors (Lipinski definition) is 3. The van der Waals surface area contributed by atoms with Crippen molar-refractivity contribution >= 4 is 17.1 Å². The summed E-state index contributed by atoms with van der Waals surface area (Å²) in [5.41, 5.74) is -0.755. The molecule has 0 radical (unpaired) electrons. The maximum absolute atomic E-state index is 12.9. The molecule has 2 N–H and O–H groups in total. The van der Waals surface area contributed by atoms with Gasteiger partial charge >= 0.3 is 6.18 Å². The van der Waals surface area contributed by atoms with Crippen LogP contribution in [0.4, 0.5) is 18.9 Å². The highest BCUT2D eigenvalue weighted by atomic mass is 19.4. The van der Waals surface area contributed by atoms with Crippen LogP contribution in [0.2, 0.25) is 0 Å². The predicted molar refractivity (Wildman–Crippen MR) is 76.3 cm³/mol. The number of amides is 1. The summed E-state index contributed by atoms with van der Waals surface area (Å²) in [7, 11) is 0. The molecule has 3 aromatic rings. The minimum absolute atomic E-state index is 0.00729. The summed E-state index contributed by atoms with van der Waals surface area (Å²) >= 11 is 0. The van der Waals surface area contributed by atoms with Gasteiger partial charge in [-0.15, -0.1) is 5.10 Å². The Kier molecular flexibility index (Phi) is 3.44. The average Bonchev–Trinajstić information content (AvgIpc) is 2.89. The SMILES string of the molecule is O=C(Nc1ccccc1C(F)(F)F)c1ccc2ccc(O)nn12. The molecular formula is C15H10F3N3O2. The first-order valence-electron chi connectivity index (χ1n) is 6.51. The zero-order chi connectivity index (χ0) is 16.6. The van der Waals surface area contributed by atoms with Crippen LogP contribution in [-0.2, 0) is 6.18 Å². The highest BCUT2D eigenvalue weighted by Gasteiger charge is 2.33. The minimum Gasteiger partial charge on any atom is -0.492 e. The number of halogens is 3. The van der Waals surface area contributed by atoms with Crippen LogP contribution >= 0.6 is 0 Å². The molecule has 23 heavy (non-hydrogen) atoms. The van der Waals surface area contributed by atoms with Gasteiger partial charge in [-0.25, -0.2) is 4.52 Å². The van der Waals surface area contributed by atoms with Crippen LogP contribution in [0, 0.1) is 0 Å². The van der Waals surface area contributed by atoms with E-state index in [1.54, 1.807) is 6.07 Å². The Bertz CT molecular complexity index is 887. The topological polar surface area (TPSA) is 66.6 Å². The number of nitrogens with zero attached hydrogens (tertiary/aromatic N) is 2. The van der Waals surface area contributed by atoms with Crippen LogP contribution < -0.4 is 5.32 Å². The van der Waals surface area contributed by atoms with Crippen molar-refractivity contribution in [3.63, 3.8) is 0 Å². The second-order valence-electron chi connectivity index (χ2n) is 4.74. The Labute approximate surface area is 128 Å². The number of aromatic hydroxyl groups is 1. The van der Waals surface area contributed by atoms with Gasteiger partial charge in [0.15, 0.2) is 0 Å². The van der Waals surface area contributed by atoms with Crippen LogP contribution in [0.15, 0.2) is 48.5 Å². The van der Waals surface area contributed by atoms with Crippen molar-refractivity contribution in [1.82, 2.24) is 9.61 Å². The summed E-state index contributed by atoms with van der Waals surface area (Å²) in [4.78, 5) is 12.3. The number of para-hydroxylation sites is 1. The Balaban J connectivity index is 1.98. The lowest BCUT2D eigenvalue weighted by Gasteiger charge is -2.13. The molecule has 0 saturated carbocycles. The van der Waals surface area contributed by atoms with Crippen LogP contribution in [0.25, 0.3) is 5.52 Å². The van der Waals surface area contributed by atoms with Crippen LogP contribution in [0.1, 0.15) is 16.1 Å². The van der Waals surface area contributed by atoms with Gasteiger partial charge in [-0.1, -0.05) is 12.1 Å². The molecular weight excluding hydrogens is 311 g/mol. The van der Waals surface area contributed by atoms with Crippen LogP contribution in [0.5, 0.6) is 5.88 Å². The lowest BCUT2D eigenvalue weighted by Crippen LogP contribution is -2.18. The molecule has 0 aliphatic heterocycles. The zero-order valence-electron chi connectivity index (χ0n) is 11.5. The smallest absolute Gasteiger partial charge is 0.418 e. The lowest BCUT2D eigenvalue weighted by atomic mass is 10.1. The maximum atomic E-state index is 12.9. The van der Waals surface area contributed by atoms with Crippen molar-refractivity contribution in [3.05, 3.63) is 59.8 Å². The standard InChI is InChI=1S/C15H10F3N3O2/c16-15(17,18)10-3-1-2-4-11(10)19-14(23)12-7-5-9-6-8-13(22)20-21(9)12/h1-8H,(H,19,23)(H,20,22). The van der Waals surface area contributed by atoms with Crippen molar-refractivity contribution < 1.29 is 23.1 Å². The van der Waals surface area contributed by atoms with Gasteiger partial charge in [0.05, 0.1) is 16.8 Å². The van der Waals surface area contributed by atoms with E-state index < -0.39 is 17.6 Å². The Hall–Kier alpha value is -3.03. The van der Waals surface area contributed by atoms with E-state index in [0.717, 1.165) is 10.6 Å². The number of alkyl halides is 3. The summed E-state index contributed by atoms with van der Waals surface area (Å²) in [5, 5.41) is 15.4. The van der Waals surface area contributed by atoms with E-state index >= 15 is 0 Å². The molecule has 5 nitrogen and oxygen atoms in total. The number of nitrogens with one attached hydrogen (secondary N) is 1. The Morgan fingerprint density at radius 3 is 2.52 bits per heavy atom. The third kappa shape index (κ3) is 2.83. The largest absolute Gasteiger partial charge is 0.492 e. The molecule has 0 fully saturated rings. The van der Waals surface area contributed by atoms with Gasteiger partial charge in [0.2, 0.25) is 5.88 Å². The molecule has 0 atom stereocenters. The van der Waals surface area contributed by atoms with E-state index in [-0.39, 0.29) is 17.3 Å².